The highest BCUT2D eigenvalue weighted by Crippen LogP contribution is 2.39. The van der Waals surface area contributed by atoms with Crippen molar-refractivity contribution < 1.29 is 28.3 Å². The number of hydrogen-bond acceptors (Lipinski definition) is 6. The number of hydrogen-bond donors (Lipinski definition) is 0. The fraction of sp³-hybridized carbons (Fsp3) is 0.864. The first kappa shape index (κ1) is 26.6. The van der Waals surface area contributed by atoms with Gasteiger partial charge in [0, 0.05) is 12.5 Å². The van der Waals surface area contributed by atoms with Gasteiger partial charge in [0.05, 0.1) is 6.04 Å². The molecule has 1 amide bonds. The standard InChI is InChI=1S/C22H41NO6Si/c1-20(2,3)28-18(25)16-12-15(14-27-30(10,11)22(7,8)9)17(13-24)23(16)19(26)29-21(4,5)6/h13,15-17H,12,14H2,1-11H3/t15-,16+,17-/m0/s1. The first-order chi connectivity index (χ1) is 13.3. The van der Waals surface area contributed by atoms with Crippen LogP contribution < -0.4 is 0 Å². The van der Waals surface area contributed by atoms with Crippen LogP contribution >= 0.6 is 0 Å². The molecule has 30 heavy (non-hydrogen) atoms. The Balaban J connectivity index is 3.17. The summed E-state index contributed by atoms with van der Waals surface area (Å²) in [5.74, 6) is -0.836. The Bertz CT molecular complexity index is 641. The number of carbonyl (C=O) groups is 3. The zero-order valence-electron chi connectivity index (χ0n) is 20.6. The molecule has 0 unspecified atom stereocenters. The summed E-state index contributed by atoms with van der Waals surface area (Å²) < 4.78 is 17.4. The predicted octanol–water partition coefficient (Wildman–Crippen LogP) is 4.54. The highest BCUT2D eigenvalue weighted by Gasteiger charge is 2.50. The summed E-state index contributed by atoms with van der Waals surface area (Å²) >= 11 is 0. The van der Waals surface area contributed by atoms with Crippen molar-refractivity contribution in [1.82, 2.24) is 4.90 Å². The van der Waals surface area contributed by atoms with Gasteiger partial charge in [-0.25, -0.2) is 9.59 Å². The Kier molecular flexibility index (Phi) is 7.97. The summed E-state index contributed by atoms with van der Waals surface area (Å²) in [6, 6.07) is -1.69. The molecule has 0 aromatic rings. The van der Waals surface area contributed by atoms with Crippen molar-refractivity contribution in [3.05, 3.63) is 0 Å². The second kappa shape index (κ2) is 8.98. The number of ether oxygens (including phenoxy) is 2. The van der Waals surface area contributed by atoms with Gasteiger partial charge >= 0.3 is 12.1 Å². The Morgan fingerprint density at radius 1 is 0.967 bits per heavy atom. The van der Waals surface area contributed by atoms with E-state index < -0.39 is 43.7 Å². The van der Waals surface area contributed by atoms with E-state index in [9.17, 15) is 14.4 Å². The van der Waals surface area contributed by atoms with Crippen molar-refractivity contribution in [2.75, 3.05) is 6.61 Å². The fourth-order valence-corrected chi connectivity index (χ4v) is 4.06. The zero-order valence-corrected chi connectivity index (χ0v) is 21.6. The van der Waals surface area contributed by atoms with Crippen LogP contribution in [0.5, 0.6) is 0 Å². The van der Waals surface area contributed by atoms with Crippen molar-refractivity contribution in [2.24, 2.45) is 5.92 Å². The molecule has 1 aliphatic rings. The van der Waals surface area contributed by atoms with Crippen LogP contribution in [-0.4, -0.2) is 61.5 Å². The summed E-state index contributed by atoms with van der Waals surface area (Å²) in [4.78, 5) is 39.1. The number of carbonyl (C=O) groups excluding carboxylic acids is 3. The van der Waals surface area contributed by atoms with Crippen molar-refractivity contribution in [3.63, 3.8) is 0 Å². The summed E-state index contributed by atoms with van der Waals surface area (Å²) in [6.45, 7) is 21.5. The molecule has 8 heteroatoms. The van der Waals surface area contributed by atoms with E-state index in [1.165, 1.54) is 4.90 Å². The average Bonchev–Trinajstić information content (AvgIpc) is 2.87. The van der Waals surface area contributed by atoms with E-state index in [1.54, 1.807) is 41.5 Å². The summed E-state index contributed by atoms with van der Waals surface area (Å²) in [7, 11) is -2.06. The molecule has 1 fully saturated rings. The quantitative estimate of drug-likeness (QED) is 0.352. The highest BCUT2D eigenvalue weighted by molar-refractivity contribution is 6.74. The van der Waals surface area contributed by atoms with Gasteiger partial charge in [0.15, 0.2) is 8.32 Å². The summed E-state index contributed by atoms with van der Waals surface area (Å²) in [5.41, 5.74) is -1.46. The topological polar surface area (TPSA) is 82.1 Å². The van der Waals surface area contributed by atoms with Crippen molar-refractivity contribution in [1.29, 1.82) is 0 Å². The normalized spacial score (nSPS) is 23.3. The average molecular weight is 444 g/mol. The Morgan fingerprint density at radius 3 is 1.87 bits per heavy atom. The first-order valence-electron chi connectivity index (χ1n) is 10.6. The molecule has 0 aromatic carbocycles. The number of nitrogens with zero attached hydrogens (tertiary/aromatic N) is 1. The molecule has 0 aromatic heterocycles. The maximum atomic E-state index is 12.9. The van der Waals surface area contributed by atoms with Crippen LogP contribution in [0.1, 0.15) is 68.7 Å². The number of aldehydes is 1. The molecule has 1 rings (SSSR count). The molecule has 0 aliphatic carbocycles. The second-order valence-corrected chi connectivity index (χ2v) is 16.4. The largest absolute Gasteiger partial charge is 0.458 e. The van der Waals surface area contributed by atoms with Crippen molar-refractivity contribution in [3.8, 4) is 0 Å². The van der Waals surface area contributed by atoms with E-state index >= 15 is 0 Å². The minimum atomic E-state index is -2.06. The van der Waals surface area contributed by atoms with Gasteiger partial charge in [0.2, 0.25) is 0 Å². The molecular formula is C22H41NO6Si. The number of esters is 1. The minimum Gasteiger partial charge on any atom is -0.458 e. The maximum absolute atomic E-state index is 12.9. The lowest BCUT2D eigenvalue weighted by molar-refractivity contribution is -0.160. The van der Waals surface area contributed by atoms with E-state index in [2.05, 4.69) is 33.9 Å². The lowest BCUT2D eigenvalue weighted by Gasteiger charge is -2.37. The van der Waals surface area contributed by atoms with Crippen LogP contribution in [0.25, 0.3) is 0 Å². The lowest BCUT2D eigenvalue weighted by Crippen LogP contribution is -2.50. The van der Waals surface area contributed by atoms with E-state index in [0.717, 1.165) is 0 Å². The molecule has 1 heterocycles. The lowest BCUT2D eigenvalue weighted by atomic mass is 10.0. The number of rotatable bonds is 5. The molecule has 3 atom stereocenters. The monoisotopic (exact) mass is 443 g/mol. The molecule has 0 N–H and O–H groups in total. The Hall–Kier alpha value is -1.41. The van der Waals surface area contributed by atoms with Gasteiger partial charge in [0.25, 0.3) is 0 Å². The maximum Gasteiger partial charge on any atom is 0.411 e. The fourth-order valence-electron chi connectivity index (χ4n) is 2.99. The van der Waals surface area contributed by atoms with E-state index in [1.807, 2.05) is 0 Å². The molecule has 1 aliphatic heterocycles. The van der Waals surface area contributed by atoms with Crippen LogP contribution in [0.4, 0.5) is 4.79 Å². The van der Waals surface area contributed by atoms with Crippen molar-refractivity contribution in [2.45, 2.75) is 110 Å². The van der Waals surface area contributed by atoms with Gasteiger partial charge < -0.3 is 18.7 Å². The van der Waals surface area contributed by atoms with E-state index in [-0.39, 0.29) is 11.0 Å². The van der Waals surface area contributed by atoms with Crippen LogP contribution in [-0.2, 0) is 23.5 Å². The van der Waals surface area contributed by atoms with E-state index in [0.29, 0.717) is 19.3 Å². The van der Waals surface area contributed by atoms with Gasteiger partial charge in [-0.05, 0) is 66.1 Å². The number of likely N-dealkylation sites (tertiary alicyclic amines) is 1. The van der Waals surface area contributed by atoms with Crippen LogP contribution in [0.3, 0.4) is 0 Å². The Morgan fingerprint density at radius 2 is 1.47 bits per heavy atom. The molecule has 0 bridgehead atoms. The number of amides is 1. The van der Waals surface area contributed by atoms with Crippen LogP contribution in [0, 0.1) is 5.92 Å². The first-order valence-corrected chi connectivity index (χ1v) is 13.5. The van der Waals surface area contributed by atoms with Gasteiger partial charge in [-0.1, -0.05) is 20.8 Å². The SMILES string of the molecule is CC(C)(C)OC(=O)[C@H]1C[C@@H](CO[Si](C)(C)C(C)(C)C)[C@H](C=O)N1C(=O)OC(C)(C)C. The van der Waals surface area contributed by atoms with E-state index in [4.69, 9.17) is 13.9 Å². The third-order valence-electron chi connectivity index (χ3n) is 5.55. The minimum absolute atomic E-state index is 0.0116. The second-order valence-electron chi connectivity index (χ2n) is 11.6. The third-order valence-corrected chi connectivity index (χ3v) is 10.1. The molecule has 1 saturated heterocycles. The smallest absolute Gasteiger partial charge is 0.411 e. The summed E-state index contributed by atoms with van der Waals surface area (Å²) in [5, 5.41) is 0.0116. The zero-order chi connectivity index (χ0) is 23.7. The molecule has 0 spiro atoms. The molecule has 0 saturated carbocycles. The van der Waals surface area contributed by atoms with Crippen molar-refractivity contribution >= 4 is 26.7 Å². The predicted molar refractivity (Wildman–Crippen MR) is 119 cm³/mol. The molecule has 7 nitrogen and oxygen atoms in total. The van der Waals surface area contributed by atoms with Crippen LogP contribution in [0.15, 0.2) is 0 Å². The third kappa shape index (κ3) is 7.08. The summed E-state index contributed by atoms with van der Waals surface area (Å²) in [6.07, 6.45) is 0.324. The van der Waals surface area contributed by atoms with Crippen LogP contribution in [0.2, 0.25) is 18.1 Å². The van der Waals surface area contributed by atoms with Gasteiger partial charge in [-0.15, -0.1) is 0 Å². The van der Waals surface area contributed by atoms with Gasteiger partial charge in [-0.3, -0.25) is 4.90 Å². The molecule has 0 radical (unpaired) electrons. The molecular weight excluding hydrogens is 402 g/mol. The Labute approximate surface area is 182 Å². The highest BCUT2D eigenvalue weighted by atomic mass is 28.4. The molecule has 174 valence electrons. The van der Waals surface area contributed by atoms with Gasteiger partial charge in [-0.2, -0.15) is 0 Å². The van der Waals surface area contributed by atoms with Gasteiger partial charge in [0.1, 0.15) is 23.5 Å².